The second-order valence-electron chi connectivity index (χ2n) is 3.40. The summed E-state index contributed by atoms with van der Waals surface area (Å²) >= 11 is 5.52. The minimum atomic E-state index is -5.08. The summed E-state index contributed by atoms with van der Waals surface area (Å²) in [7, 11) is 0. The van der Waals surface area contributed by atoms with Crippen molar-refractivity contribution >= 4 is 29.0 Å². The summed E-state index contributed by atoms with van der Waals surface area (Å²) in [5.41, 5.74) is -1.11. The molecule has 1 aromatic rings. The van der Waals surface area contributed by atoms with E-state index in [1.165, 1.54) is 12.1 Å². The zero-order chi connectivity index (χ0) is 14.6. The van der Waals surface area contributed by atoms with Gasteiger partial charge in [-0.3, -0.25) is 9.59 Å². The lowest BCUT2D eigenvalue weighted by atomic mass is 10.1. The predicted molar refractivity (Wildman–Crippen MR) is 60.7 cm³/mol. The minimum absolute atomic E-state index is 0.0779. The Bertz CT molecular complexity index is 564. The zero-order valence-corrected chi connectivity index (χ0v) is 9.97. The van der Waals surface area contributed by atoms with E-state index in [1.807, 2.05) is 0 Å². The summed E-state index contributed by atoms with van der Waals surface area (Å²) in [5, 5.41) is 10.3. The first kappa shape index (κ1) is 15.0. The average molecular weight is 291 g/mol. The van der Waals surface area contributed by atoms with Crippen molar-refractivity contribution in [3.63, 3.8) is 0 Å². The Hall–Kier alpha value is -2.07. The van der Waals surface area contributed by atoms with Crippen LogP contribution in [0.25, 0.3) is 0 Å². The number of hydrogen-bond acceptors (Lipinski definition) is 3. The molecule has 0 saturated carbocycles. The normalized spacial score (nSPS) is 10.7. The SMILES string of the molecule is N#CCC(=O)Nc1ccc(Cl)cc1C(=O)C(F)(F)F. The summed E-state index contributed by atoms with van der Waals surface area (Å²) in [6.07, 6.45) is -5.62. The first-order valence-electron chi connectivity index (χ1n) is 4.83. The molecule has 1 N–H and O–H groups in total. The molecule has 1 rings (SSSR count). The third-order valence-corrected chi connectivity index (χ3v) is 2.23. The summed E-state index contributed by atoms with van der Waals surface area (Å²) in [4.78, 5) is 22.3. The summed E-state index contributed by atoms with van der Waals surface area (Å²) < 4.78 is 37.1. The molecular weight excluding hydrogens is 285 g/mol. The Balaban J connectivity index is 3.16. The van der Waals surface area contributed by atoms with Crippen molar-refractivity contribution in [2.24, 2.45) is 0 Å². The van der Waals surface area contributed by atoms with Crippen molar-refractivity contribution in [2.75, 3.05) is 5.32 Å². The molecule has 1 aromatic carbocycles. The van der Waals surface area contributed by atoms with Gasteiger partial charge in [0.05, 0.1) is 17.3 Å². The fourth-order valence-corrected chi connectivity index (χ4v) is 1.40. The monoisotopic (exact) mass is 290 g/mol. The lowest BCUT2D eigenvalue weighted by molar-refractivity contribution is -0.115. The molecule has 0 saturated heterocycles. The summed E-state index contributed by atoms with van der Waals surface area (Å²) in [5.74, 6) is -2.94. The van der Waals surface area contributed by atoms with Crippen LogP contribution < -0.4 is 5.32 Å². The first-order valence-corrected chi connectivity index (χ1v) is 5.21. The molecular formula is C11H6ClF3N2O2. The van der Waals surface area contributed by atoms with Crippen molar-refractivity contribution < 1.29 is 22.8 Å². The number of carbonyl (C=O) groups excluding carboxylic acids is 2. The highest BCUT2D eigenvalue weighted by molar-refractivity contribution is 6.31. The van der Waals surface area contributed by atoms with Gasteiger partial charge in [-0.2, -0.15) is 18.4 Å². The number of ketones is 1. The van der Waals surface area contributed by atoms with E-state index in [0.29, 0.717) is 0 Å². The van der Waals surface area contributed by atoms with Crippen molar-refractivity contribution in [1.29, 1.82) is 5.26 Å². The first-order chi connectivity index (χ1) is 8.75. The van der Waals surface area contributed by atoms with Gasteiger partial charge in [-0.15, -0.1) is 0 Å². The Labute approximate surface area is 110 Å². The number of anilines is 1. The van der Waals surface area contributed by atoms with Crippen molar-refractivity contribution in [1.82, 2.24) is 0 Å². The van der Waals surface area contributed by atoms with Crippen LogP contribution in [0.4, 0.5) is 18.9 Å². The van der Waals surface area contributed by atoms with Gasteiger partial charge >= 0.3 is 6.18 Å². The molecule has 19 heavy (non-hydrogen) atoms. The molecule has 0 spiro atoms. The predicted octanol–water partition coefficient (Wildman–Crippen LogP) is 2.94. The Morgan fingerprint density at radius 1 is 1.37 bits per heavy atom. The van der Waals surface area contributed by atoms with Crippen LogP contribution in [0.15, 0.2) is 18.2 Å². The lowest BCUT2D eigenvalue weighted by Gasteiger charge is -2.11. The van der Waals surface area contributed by atoms with Gasteiger partial charge in [-0.05, 0) is 18.2 Å². The zero-order valence-electron chi connectivity index (χ0n) is 9.21. The average Bonchev–Trinajstić information content (AvgIpc) is 2.29. The maximum Gasteiger partial charge on any atom is 0.454 e. The largest absolute Gasteiger partial charge is 0.454 e. The number of alkyl halides is 3. The number of Topliss-reactive ketones (excluding diaryl/α,β-unsaturated/α-hetero) is 1. The molecule has 100 valence electrons. The Morgan fingerprint density at radius 3 is 2.53 bits per heavy atom. The van der Waals surface area contributed by atoms with Crippen LogP contribution in [-0.4, -0.2) is 17.9 Å². The van der Waals surface area contributed by atoms with E-state index in [1.54, 1.807) is 0 Å². The molecule has 0 fully saturated rings. The number of benzene rings is 1. The standard InChI is InChI=1S/C11H6ClF3N2O2/c12-6-1-2-8(17-9(18)3-4-16)7(5-6)10(19)11(13,14)15/h1-2,5H,3H2,(H,17,18). The molecule has 0 atom stereocenters. The highest BCUT2D eigenvalue weighted by Crippen LogP contribution is 2.28. The second-order valence-corrected chi connectivity index (χ2v) is 3.84. The molecule has 0 aliphatic heterocycles. The number of nitrogens with one attached hydrogen (secondary N) is 1. The molecule has 1 amide bonds. The van der Waals surface area contributed by atoms with Crippen LogP contribution in [0.2, 0.25) is 5.02 Å². The van der Waals surface area contributed by atoms with Crippen LogP contribution in [0.1, 0.15) is 16.8 Å². The molecule has 0 radical (unpaired) electrons. The van der Waals surface area contributed by atoms with Gasteiger partial charge in [-0.25, -0.2) is 0 Å². The number of nitrogens with zero attached hydrogens (tertiary/aromatic N) is 1. The van der Waals surface area contributed by atoms with Crippen molar-refractivity contribution in [3.8, 4) is 6.07 Å². The van der Waals surface area contributed by atoms with Crippen molar-refractivity contribution in [2.45, 2.75) is 12.6 Å². The third-order valence-electron chi connectivity index (χ3n) is 2.00. The number of amides is 1. The number of nitriles is 1. The van der Waals surface area contributed by atoms with Crippen LogP contribution in [0, 0.1) is 11.3 Å². The van der Waals surface area contributed by atoms with Gasteiger partial charge in [0.15, 0.2) is 0 Å². The van der Waals surface area contributed by atoms with E-state index in [0.717, 1.165) is 12.1 Å². The summed E-state index contributed by atoms with van der Waals surface area (Å²) in [6.45, 7) is 0. The smallest absolute Gasteiger partial charge is 0.325 e. The van der Waals surface area contributed by atoms with Crippen LogP contribution in [0.5, 0.6) is 0 Å². The summed E-state index contributed by atoms with van der Waals surface area (Å²) in [6, 6.07) is 4.62. The van der Waals surface area contributed by atoms with Gasteiger partial charge < -0.3 is 5.32 Å². The molecule has 0 aliphatic rings. The highest BCUT2D eigenvalue weighted by atomic mass is 35.5. The number of carbonyl (C=O) groups is 2. The molecule has 4 nitrogen and oxygen atoms in total. The Morgan fingerprint density at radius 2 is 2.00 bits per heavy atom. The van der Waals surface area contributed by atoms with Crippen LogP contribution >= 0.6 is 11.6 Å². The van der Waals surface area contributed by atoms with Gasteiger partial charge in [-0.1, -0.05) is 11.6 Å². The van der Waals surface area contributed by atoms with E-state index in [-0.39, 0.29) is 10.7 Å². The number of hydrogen-bond donors (Lipinski definition) is 1. The van der Waals surface area contributed by atoms with E-state index >= 15 is 0 Å². The molecule has 0 heterocycles. The second kappa shape index (κ2) is 5.71. The molecule has 0 bridgehead atoms. The highest BCUT2D eigenvalue weighted by Gasteiger charge is 2.40. The lowest BCUT2D eigenvalue weighted by Crippen LogP contribution is -2.24. The third kappa shape index (κ3) is 3.96. The number of rotatable bonds is 3. The maximum absolute atomic E-state index is 12.4. The van der Waals surface area contributed by atoms with Crippen LogP contribution in [-0.2, 0) is 4.79 Å². The van der Waals surface area contributed by atoms with Gasteiger partial charge in [0.25, 0.3) is 5.78 Å². The van der Waals surface area contributed by atoms with Crippen molar-refractivity contribution in [3.05, 3.63) is 28.8 Å². The molecule has 0 unspecified atom stereocenters. The van der Waals surface area contributed by atoms with Gasteiger partial charge in [0.2, 0.25) is 5.91 Å². The fourth-order valence-electron chi connectivity index (χ4n) is 1.23. The van der Waals surface area contributed by atoms with Crippen LogP contribution in [0.3, 0.4) is 0 Å². The Kier molecular flexibility index (Phi) is 4.51. The molecule has 0 aliphatic carbocycles. The van der Waals surface area contributed by atoms with Gasteiger partial charge in [0.1, 0.15) is 6.42 Å². The molecule has 0 aromatic heterocycles. The minimum Gasteiger partial charge on any atom is -0.325 e. The quantitative estimate of drug-likeness (QED) is 0.870. The maximum atomic E-state index is 12.4. The van der Waals surface area contributed by atoms with Gasteiger partial charge in [0, 0.05) is 5.02 Å². The number of halogens is 4. The van der Waals surface area contributed by atoms with E-state index in [2.05, 4.69) is 5.32 Å². The van der Waals surface area contributed by atoms with E-state index in [9.17, 15) is 22.8 Å². The topological polar surface area (TPSA) is 70.0 Å². The van der Waals surface area contributed by atoms with E-state index < -0.39 is 29.9 Å². The van der Waals surface area contributed by atoms with E-state index in [4.69, 9.17) is 16.9 Å². The molecule has 8 heteroatoms. The fraction of sp³-hybridized carbons (Fsp3) is 0.182.